The summed E-state index contributed by atoms with van der Waals surface area (Å²) in [6, 6.07) is 6.19. The summed E-state index contributed by atoms with van der Waals surface area (Å²) < 4.78 is 86.0. The third kappa shape index (κ3) is 5.98. The molecular formula is C26H21ClF6INO3. The van der Waals surface area contributed by atoms with Crippen LogP contribution in [0.4, 0.5) is 31.1 Å². The smallest absolute Gasteiger partial charge is 0.418 e. The van der Waals surface area contributed by atoms with Crippen molar-refractivity contribution in [3.8, 4) is 0 Å². The van der Waals surface area contributed by atoms with E-state index < -0.39 is 47.1 Å². The number of hydrogen-bond donors (Lipinski definition) is 0. The van der Waals surface area contributed by atoms with Gasteiger partial charge in [-0.15, -0.1) is 0 Å². The third-order valence-corrected chi connectivity index (χ3v) is 7.62. The zero-order chi connectivity index (χ0) is 28.2. The zero-order valence-corrected chi connectivity index (χ0v) is 23.0. The maximum absolute atomic E-state index is 13.3. The van der Waals surface area contributed by atoms with Crippen molar-refractivity contribution in [3.63, 3.8) is 0 Å². The monoisotopic (exact) mass is 671 g/mol. The average molecular weight is 672 g/mol. The highest BCUT2D eigenvalue weighted by Gasteiger charge is 2.45. The number of carbonyl (C=O) groups excluding carboxylic acids is 2. The molecule has 0 spiro atoms. The first-order valence-electron chi connectivity index (χ1n) is 11.4. The van der Waals surface area contributed by atoms with Crippen LogP contribution in [0.15, 0.2) is 42.0 Å². The Hall–Kier alpha value is -2.28. The van der Waals surface area contributed by atoms with Crippen LogP contribution in [0.1, 0.15) is 61.5 Å². The Morgan fingerprint density at radius 2 is 1.63 bits per heavy atom. The van der Waals surface area contributed by atoms with Gasteiger partial charge in [0.05, 0.1) is 17.7 Å². The van der Waals surface area contributed by atoms with Crippen LogP contribution in [0.2, 0.25) is 5.02 Å². The topological polar surface area (TPSA) is 46.6 Å². The van der Waals surface area contributed by atoms with E-state index in [1.165, 1.54) is 0 Å². The Morgan fingerprint density at radius 3 is 2.21 bits per heavy atom. The lowest BCUT2D eigenvalue weighted by molar-refractivity contribution is -0.143. The first-order chi connectivity index (χ1) is 17.5. The second-order valence-corrected chi connectivity index (χ2v) is 11.7. The second kappa shape index (κ2) is 10.0. The quantitative estimate of drug-likeness (QED) is 0.242. The molecule has 1 saturated heterocycles. The zero-order valence-electron chi connectivity index (χ0n) is 20.1. The maximum Gasteiger partial charge on any atom is 0.418 e. The minimum absolute atomic E-state index is 0.0469. The molecule has 2 aliphatic rings. The van der Waals surface area contributed by atoms with Gasteiger partial charge in [-0.2, -0.15) is 26.3 Å². The van der Waals surface area contributed by atoms with Crippen molar-refractivity contribution in [2.45, 2.75) is 51.6 Å². The van der Waals surface area contributed by atoms with Crippen LogP contribution in [0, 0.1) is 8.99 Å². The molecule has 2 aromatic carbocycles. The number of rotatable bonds is 4. The summed E-state index contributed by atoms with van der Waals surface area (Å²) in [4.78, 5) is 26.7. The average Bonchev–Trinajstić information content (AvgIpc) is 3.07. The van der Waals surface area contributed by atoms with Crippen LogP contribution in [-0.4, -0.2) is 23.4 Å². The summed E-state index contributed by atoms with van der Waals surface area (Å²) in [5.74, 6) is -1.04. The van der Waals surface area contributed by atoms with E-state index in [0.717, 1.165) is 31.6 Å². The van der Waals surface area contributed by atoms with Gasteiger partial charge in [0.25, 0.3) is 5.91 Å². The van der Waals surface area contributed by atoms with Crippen LogP contribution in [0.25, 0.3) is 5.57 Å². The number of cyclic esters (lactones) is 1. The van der Waals surface area contributed by atoms with E-state index in [9.17, 15) is 35.9 Å². The van der Waals surface area contributed by atoms with Gasteiger partial charge in [-0.1, -0.05) is 25.4 Å². The fourth-order valence-electron chi connectivity index (χ4n) is 4.74. The fourth-order valence-corrected chi connectivity index (χ4v) is 5.46. The van der Waals surface area contributed by atoms with Gasteiger partial charge < -0.3 is 4.74 Å². The molecule has 1 fully saturated rings. The largest absolute Gasteiger partial charge is 0.431 e. The van der Waals surface area contributed by atoms with Gasteiger partial charge in [-0.25, -0.2) is 9.69 Å². The lowest BCUT2D eigenvalue weighted by Crippen LogP contribution is -2.34. The Bertz CT molecular complexity index is 1300. The molecule has 0 unspecified atom stereocenters. The Labute approximate surface area is 233 Å². The molecule has 204 valence electrons. The van der Waals surface area contributed by atoms with Crippen molar-refractivity contribution in [2.24, 2.45) is 5.41 Å². The summed E-state index contributed by atoms with van der Waals surface area (Å²) in [5, 5.41) is 0.481. The number of carbonyl (C=O) groups is 2. The maximum atomic E-state index is 13.3. The molecule has 38 heavy (non-hydrogen) atoms. The van der Waals surface area contributed by atoms with Crippen LogP contribution in [0.5, 0.6) is 0 Å². The molecular weight excluding hydrogens is 651 g/mol. The number of imide groups is 1. The number of amides is 2. The molecule has 4 rings (SSSR count). The van der Waals surface area contributed by atoms with Crippen molar-refractivity contribution in [2.75, 3.05) is 6.54 Å². The number of allylic oxidation sites excluding steroid dienone is 1. The van der Waals surface area contributed by atoms with E-state index in [1.54, 1.807) is 6.07 Å². The van der Waals surface area contributed by atoms with E-state index in [2.05, 4.69) is 22.6 Å². The molecule has 4 nitrogen and oxygen atoms in total. The SMILES string of the molecule is CC1(C)CCC(c2cc(I)ccc2Cl)=C(CN2C(=O)O[C@H](c3cc(C(F)(F)F)cc(C(F)(F)F)c3)C2=O)C1. The molecule has 1 aliphatic carbocycles. The van der Waals surface area contributed by atoms with Gasteiger partial charge in [0.15, 0.2) is 0 Å². The molecule has 0 N–H and O–H groups in total. The Morgan fingerprint density at radius 1 is 1.03 bits per heavy atom. The highest BCUT2D eigenvalue weighted by molar-refractivity contribution is 14.1. The summed E-state index contributed by atoms with van der Waals surface area (Å²) in [7, 11) is 0. The van der Waals surface area contributed by atoms with Gasteiger partial charge in [0.2, 0.25) is 6.10 Å². The third-order valence-electron chi connectivity index (χ3n) is 6.62. The van der Waals surface area contributed by atoms with Gasteiger partial charge in [-0.3, -0.25) is 4.79 Å². The van der Waals surface area contributed by atoms with Gasteiger partial charge in [0.1, 0.15) is 0 Å². The van der Waals surface area contributed by atoms with E-state index in [-0.39, 0.29) is 18.0 Å². The molecule has 2 amide bonds. The van der Waals surface area contributed by atoms with Crippen molar-refractivity contribution < 1.29 is 40.7 Å². The highest BCUT2D eigenvalue weighted by atomic mass is 127. The molecule has 0 aromatic heterocycles. The first kappa shape index (κ1) is 28.7. The molecule has 2 aromatic rings. The molecule has 1 atom stereocenters. The van der Waals surface area contributed by atoms with Crippen LogP contribution >= 0.6 is 34.2 Å². The van der Waals surface area contributed by atoms with E-state index >= 15 is 0 Å². The van der Waals surface area contributed by atoms with Gasteiger partial charge >= 0.3 is 18.4 Å². The minimum Gasteiger partial charge on any atom is -0.431 e. The summed E-state index contributed by atoms with van der Waals surface area (Å²) >= 11 is 8.59. The van der Waals surface area contributed by atoms with Gasteiger partial charge in [-0.05, 0) is 100 Å². The van der Waals surface area contributed by atoms with Crippen LogP contribution in [-0.2, 0) is 21.9 Å². The molecule has 1 heterocycles. The highest BCUT2D eigenvalue weighted by Crippen LogP contribution is 2.45. The predicted molar refractivity (Wildman–Crippen MR) is 136 cm³/mol. The normalized spacial score (nSPS) is 20.3. The van der Waals surface area contributed by atoms with Crippen LogP contribution in [0.3, 0.4) is 0 Å². The summed E-state index contributed by atoms with van der Waals surface area (Å²) in [6.07, 6.45) is -11.4. The number of alkyl halides is 6. The van der Waals surface area contributed by atoms with Gasteiger partial charge in [0, 0.05) is 14.2 Å². The summed E-state index contributed by atoms with van der Waals surface area (Å²) in [6.45, 7) is 3.82. The fraction of sp³-hybridized carbons (Fsp3) is 0.385. The molecule has 1 aliphatic heterocycles. The van der Waals surface area contributed by atoms with Crippen LogP contribution < -0.4 is 0 Å². The van der Waals surface area contributed by atoms with Crippen molar-refractivity contribution in [1.29, 1.82) is 0 Å². The number of halogens is 8. The number of ether oxygens (including phenoxy) is 1. The lowest BCUT2D eigenvalue weighted by atomic mass is 9.73. The lowest BCUT2D eigenvalue weighted by Gasteiger charge is -2.34. The number of nitrogens with zero attached hydrogens (tertiary/aromatic N) is 1. The van der Waals surface area contributed by atoms with Crippen molar-refractivity contribution >= 4 is 51.8 Å². The first-order valence-corrected chi connectivity index (χ1v) is 12.9. The molecule has 12 heteroatoms. The van der Waals surface area contributed by atoms with E-state index in [0.29, 0.717) is 30.0 Å². The molecule has 0 saturated carbocycles. The Balaban J connectivity index is 1.72. The Kier molecular flexibility index (Phi) is 7.59. The number of benzene rings is 2. The van der Waals surface area contributed by atoms with E-state index in [1.807, 2.05) is 26.0 Å². The minimum atomic E-state index is -5.11. The predicted octanol–water partition coefficient (Wildman–Crippen LogP) is 8.67. The molecule has 0 radical (unpaired) electrons. The number of hydrogen-bond acceptors (Lipinski definition) is 3. The van der Waals surface area contributed by atoms with Crippen molar-refractivity contribution in [1.82, 2.24) is 4.90 Å². The summed E-state index contributed by atoms with van der Waals surface area (Å²) in [5.41, 5.74) is -1.78. The second-order valence-electron chi connectivity index (χ2n) is 10.1. The molecule has 0 bridgehead atoms. The van der Waals surface area contributed by atoms with E-state index in [4.69, 9.17) is 16.3 Å². The van der Waals surface area contributed by atoms with Crippen molar-refractivity contribution in [3.05, 3.63) is 72.8 Å². The standard InChI is InChI=1S/C26H21ClF6INO3/c1-24(2)6-5-18(19-10-17(34)3-4-20(19)27)14(11-24)12-35-22(36)21(38-23(35)37)13-7-15(25(28,29)30)9-16(8-13)26(31,32)33/h3-4,7-10,21H,5-6,11-12H2,1-2H3/t21-/m1/s1.